The van der Waals surface area contributed by atoms with Gasteiger partial charge in [-0.3, -0.25) is 4.99 Å². The molecule has 7 heteroatoms. The molecule has 2 aliphatic rings. The number of hydrogen-bond acceptors (Lipinski definition) is 5. The van der Waals surface area contributed by atoms with E-state index in [1.807, 2.05) is 6.34 Å². The van der Waals surface area contributed by atoms with Crippen molar-refractivity contribution in [1.82, 2.24) is 4.90 Å². The van der Waals surface area contributed by atoms with Crippen molar-refractivity contribution in [2.45, 2.75) is 19.1 Å². The highest BCUT2D eigenvalue weighted by Gasteiger charge is 2.33. The van der Waals surface area contributed by atoms with E-state index in [0.717, 1.165) is 26.1 Å². The molecule has 0 saturated heterocycles. The lowest BCUT2D eigenvalue weighted by Crippen LogP contribution is -2.45. The molecule has 0 amide bonds. The van der Waals surface area contributed by atoms with Crippen LogP contribution in [0.5, 0.6) is 0 Å². The normalized spacial score (nSPS) is 17.2. The SMILES string of the molecule is C1=NCCN1C1Cc2ccccc2N1Cc1ccccc1.O=C(O)C=CC(=O)O. The predicted octanol–water partition coefficient (Wildman–Crippen LogP) is 2.63. The number of para-hydroxylation sites is 1. The van der Waals surface area contributed by atoms with Crippen LogP contribution in [0, 0.1) is 0 Å². The number of benzene rings is 2. The van der Waals surface area contributed by atoms with Crippen LogP contribution in [0.1, 0.15) is 11.1 Å². The number of fused-ring (bicyclic) bond motifs is 1. The fourth-order valence-electron chi connectivity index (χ4n) is 3.46. The Hall–Kier alpha value is -3.61. The van der Waals surface area contributed by atoms with Crippen LogP contribution in [0.25, 0.3) is 0 Å². The number of anilines is 1. The molecule has 2 N–H and O–H groups in total. The molecule has 2 aliphatic heterocycles. The molecule has 0 aliphatic carbocycles. The highest BCUT2D eigenvalue weighted by Crippen LogP contribution is 2.34. The highest BCUT2D eigenvalue weighted by atomic mass is 16.4. The minimum atomic E-state index is -1.26. The van der Waals surface area contributed by atoms with Crippen molar-refractivity contribution in [3.8, 4) is 0 Å². The molecule has 4 rings (SSSR count). The third-order valence-corrected chi connectivity index (χ3v) is 4.73. The minimum absolute atomic E-state index is 0.397. The Bertz CT molecular complexity index is 895. The zero-order valence-corrected chi connectivity index (χ0v) is 15.9. The zero-order chi connectivity index (χ0) is 20.6. The van der Waals surface area contributed by atoms with Gasteiger partial charge in [-0.05, 0) is 17.2 Å². The van der Waals surface area contributed by atoms with Gasteiger partial charge in [0.25, 0.3) is 0 Å². The Balaban J connectivity index is 0.000000258. The second-order valence-corrected chi connectivity index (χ2v) is 6.70. The fourth-order valence-corrected chi connectivity index (χ4v) is 3.46. The second kappa shape index (κ2) is 9.54. The molecule has 0 saturated carbocycles. The fraction of sp³-hybridized carbons (Fsp3) is 0.227. The van der Waals surface area contributed by atoms with Crippen LogP contribution in [-0.4, -0.2) is 52.6 Å². The molecule has 2 aromatic rings. The van der Waals surface area contributed by atoms with Gasteiger partial charge in [0, 0.05) is 37.3 Å². The first-order valence-corrected chi connectivity index (χ1v) is 9.32. The molecule has 1 atom stereocenters. The van der Waals surface area contributed by atoms with E-state index in [9.17, 15) is 9.59 Å². The van der Waals surface area contributed by atoms with Gasteiger partial charge in [0.15, 0.2) is 0 Å². The molecule has 29 heavy (non-hydrogen) atoms. The Morgan fingerprint density at radius 1 is 1.00 bits per heavy atom. The summed E-state index contributed by atoms with van der Waals surface area (Å²) in [5.74, 6) is -2.51. The molecular formula is C22H23N3O4. The maximum atomic E-state index is 9.55. The van der Waals surface area contributed by atoms with Crippen molar-refractivity contribution in [2.75, 3.05) is 18.0 Å². The maximum Gasteiger partial charge on any atom is 0.328 e. The minimum Gasteiger partial charge on any atom is -0.478 e. The molecule has 0 spiro atoms. The summed E-state index contributed by atoms with van der Waals surface area (Å²) in [5.41, 5.74) is 4.17. The van der Waals surface area contributed by atoms with E-state index >= 15 is 0 Å². The number of carboxylic acids is 2. The Kier molecular flexibility index (Phi) is 6.63. The third kappa shape index (κ3) is 5.44. The third-order valence-electron chi connectivity index (χ3n) is 4.73. The van der Waals surface area contributed by atoms with Crippen molar-refractivity contribution in [3.63, 3.8) is 0 Å². The quantitative estimate of drug-likeness (QED) is 0.759. The Morgan fingerprint density at radius 3 is 2.28 bits per heavy atom. The van der Waals surface area contributed by atoms with Gasteiger partial charge in [-0.15, -0.1) is 0 Å². The topological polar surface area (TPSA) is 93.4 Å². The molecule has 7 nitrogen and oxygen atoms in total. The first-order valence-electron chi connectivity index (χ1n) is 9.32. The van der Waals surface area contributed by atoms with Gasteiger partial charge in [0.05, 0.1) is 12.9 Å². The predicted molar refractivity (Wildman–Crippen MR) is 111 cm³/mol. The van der Waals surface area contributed by atoms with E-state index in [-0.39, 0.29) is 0 Å². The molecule has 0 aromatic heterocycles. The van der Waals surface area contributed by atoms with Crippen molar-refractivity contribution in [3.05, 3.63) is 77.9 Å². The number of aliphatic imine (C=N–C) groups is 1. The summed E-state index contributed by atoms with van der Waals surface area (Å²) in [4.78, 5) is 28.4. The number of hydrogen-bond donors (Lipinski definition) is 2. The van der Waals surface area contributed by atoms with Crippen LogP contribution in [-0.2, 0) is 22.6 Å². The maximum absolute atomic E-state index is 9.55. The molecular weight excluding hydrogens is 370 g/mol. The van der Waals surface area contributed by atoms with E-state index in [0.29, 0.717) is 18.3 Å². The molecule has 2 aromatic carbocycles. The first-order chi connectivity index (χ1) is 14.0. The Morgan fingerprint density at radius 2 is 1.66 bits per heavy atom. The highest BCUT2D eigenvalue weighted by molar-refractivity contribution is 5.89. The smallest absolute Gasteiger partial charge is 0.328 e. The summed E-state index contributed by atoms with van der Waals surface area (Å²) in [5, 5.41) is 15.6. The lowest BCUT2D eigenvalue weighted by Gasteiger charge is -2.33. The number of nitrogens with zero attached hydrogens (tertiary/aromatic N) is 3. The summed E-state index contributed by atoms with van der Waals surface area (Å²) < 4.78 is 0. The van der Waals surface area contributed by atoms with Crippen molar-refractivity contribution in [1.29, 1.82) is 0 Å². The van der Waals surface area contributed by atoms with Gasteiger partial charge in [0.2, 0.25) is 0 Å². The molecule has 0 fully saturated rings. The summed E-state index contributed by atoms with van der Waals surface area (Å²) in [6.07, 6.45) is 4.61. The number of rotatable bonds is 5. The lowest BCUT2D eigenvalue weighted by molar-refractivity contribution is -0.134. The van der Waals surface area contributed by atoms with E-state index in [1.165, 1.54) is 16.8 Å². The average Bonchev–Trinajstić information content (AvgIpc) is 3.36. The zero-order valence-electron chi connectivity index (χ0n) is 15.9. The summed E-state index contributed by atoms with van der Waals surface area (Å²) in [6.45, 7) is 2.91. The average molecular weight is 393 g/mol. The first kappa shape index (κ1) is 20.1. The molecule has 0 radical (unpaired) electrons. The molecule has 2 heterocycles. The van der Waals surface area contributed by atoms with Crippen LogP contribution in [0.2, 0.25) is 0 Å². The molecule has 1 unspecified atom stereocenters. The van der Waals surface area contributed by atoms with Gasteiger partial charge < -0.3 is 20.0 Å². The van der Waals surface area contributed by atoms with E-state index in [2.05, 4.69) is 69.4 Å². The van der Waals surface area contributed by atoms with Crippen LogP contribution in [0.15, 0.2) is 71.7 Å². The largest absolute Gasteiger partial charge is 0.478 e. The number of carbonyl (C=O) groups is 2. The van der Waals surface area contributed by atoms with Crippen molar-refractivity contribution < 1.29 is 19.8 Å². The monoisotopic (exact) mass is 393 g/mol. The summed E-state index contributed by atoms with van der Waals surface area (Å²) in [6, 6.07) is 19.5. The van der Waals surface area contributed by atoms with Crippen LogP contribution in [0.4, 0.5) is 5.69 Å². The number of carboxylic acid groups (broad SMARTS) is 2. The van der Waals surface area contributed by atoms with E-state index in [1.54, 1.807) is 0 Å². The van der Waals surface area contributed by atoms with Gasteiger partial charge in [-0.25, -0.2) is 9.59 Å². The lowest BCUT2D eigenvalue weighted by atomic mass is 10.1. The van der Waals surface area contributed by atoms with Crippen LogP contribution >= 0.6 is 0 Å². The van der Waals surface area contributed by atoms with Crippen molar-refractivity contribution >= 4 is 24.0 Å². The van der Waals surface area contributed by atoms with E-state index < -0.39 is 11.9 Å². The van der Waals surface area contributed by atoms with Gasteiger partial charge in [0.1, 0.15) is 6.17 Å². The van der Waals surface area contributed by atoms with E-state index in [4.69, 9.17) is 10.2 Å². The van der Waals surface area contributed by atoms with Gasteiger partial charge in [-0.2, -0.15) is 0 Å². The standard InChI is InChI=1S/C18H19N3.C4H4O4/c1-2-6-15(7-3-1)13-21-17-9-5-4-8-16(17)12-18(21)20-11-10-19-14-20;5-3(6)1-2-4(7)8/h1-9,14,18H,10-13H2;1-2H,(H,5,6)(H,7,8). The number of aliphatic carboxylic acids is 2. The summed E-state index contributed by atoms with van der Waals surface area (Å²) >= 11 is 0. The van der Waals surface area contributed by atoms with Crippen LogP contribution < -0.4 is 4.90 Å². The Labute approximate surface area is 169 Å². The molecule has 0 bridgehead atoms. The second-order valence-electron chi connectivity index (χ2n) is 6.70. The van der Waals surface area contributed by atoms with Crippen LogP contribution in [0.3, 0.4) is 0 Å². The molecule has 150 valence electrons. The summed E-state index contributed by atoms with van der Waals surface area (Å²) in [7, 11) is 0. The van der Waals surface area contributed by atoms with Gasteiger partial charge >= 0.3 is 11.9 Å². The van der Waals surface area contributed by atoms with Crippen molar-refractivity contribution in [2.24, 2.45) is 4.99 Å². The van der Waals surface area contributed by atoms with Gasteiger partial charge in [-0.1, -0.05) is 48.5 Å².